The molecule has 2 heterocycles. The van der Waals surface area contributed by atoms with Crippen LogP contribution in [-0.2, 0) is 12.7 Å². The van der Waals surface area contributed by atoms with Crippen molar-refractivity contribution < 1.29 is 13.2 Å². The molecule has 100 valence electrons. The molecule has 0 unspecified atom stereocenters. The third kappa shape index (κ3) is 3.64. The molecular weight excluding hydrogens is 257 g/mol. The van der Waals surface area contributed by atoms with E-state index >= 15 is 0 Å². The van der Waals surface area contributed by atoms with Gasteiger partial charge in [-0.25, -0.2) is 15.0 Å². The smallest absolute Gasteiger partial charge is 0.364 e. The van der Waals surface area contributed by atoms with Crippen molar-refractivity contribution >= 4 is 5.82 Å². The molecule has 2 rings (SSSR count). The van der Waals surface area contributed by atoms with E-state index < -0.39 is 11.7 Å². The van der Waals surface area contributed by atoms with Crippen LogP contribution in [-0.4, -0.2) is 15.0 Å². The standard InChI is InChI=1S/C12H11F3N4/c1-8-4-10(19-7-18-8)6-17-11-5-9(2-3-16-11)12(13,14)15/h2-5,7H,6H2,1H3,(H,16,17). The number of nitrogens with zero attached hydrogens (tertiary/aromatic N) is 3. The topological polar surface area (TPSA) is 50.7 Å². The molecule has 0 amide bonds. The highest BCUT2D eigenvalue weighted by molar-refractivity contribution is 5.38. The maximum absolute atomic E-state index is 12.5. The summed E-state index contributed by atoms with van der Waals surface area (Å²) in [6, 6.07) is 3.65. The molecule has 7 heteroatoms. The lowest BCUT2D eigenvalue weighted by Crippen LogP contribution is -2.08. The molecule has 0 aromatic carbocycles. The van der Waals surface area contributed by atoms with Gasteiger partial charge in [-0.3, -0.25) is 0 Å². The summed E-state index contributed by atoms with van der Waals surface area (Å²) in [7, 11) is 0. The van der Waals surface area contributed by atoms with E-state index in [-0.39, 0.29) is 12.4 Å². The molecule has 0 spiro atoms. The lowest BCUT2D eigenvalue weighted by molar-refractivity contribution is -0.137. The van der Waals surface area contributed by atoms with Crippen molar-refractivity contribution in [1.29, 1.82) is 0 Å². The Labute approximate surface area is 107 Å². The van der Waals surface area contributed by atoms with Crippen LogP contribution in [0, 0.1) is 6.92 Å². The van der Waals surface area contributed by atoms with E-state index in [1.165, 1.54) is 6.33 Å². The molecule has 0 radical (unpaired) electrons. The largest absolute Gasteiger partial charge is 0.416 e. The highest BCUT2D eigenvalue weighted by Gasteiger charge is 2.30. The minimum Gasteiger partial charge on any atom is -0.364 e. The summed E-state index contributed by atoms with van der Waals surface area (Å²) >= 11 is 0. The fraction of sp³-hybridized carbons (Fsp3) is 0.250. The van der Waals surface area contributed by atoms with Crippen LogP contribution in [0.25, 0.3) is 0 Å². The first-order chi connectivity index (χ1) is 8.95. The summed E-state index contributed by atoms with van der Waals surface area (Å²) in [5.41, 5.74) is 0.749. The molecule has 0 aliphatic heterocycles. The fourth-order valence-corrected chi connectivity index (χ4v) is 1.49. The van der Waals surface area contributed by atoms with Crippen molar-refractivity contribution in [3.8, 4) is 0 Å². The van der Waals surface area contributed by atoms with Crippen molar-refractivity contribution in [2.45, 2.75) is 19.6 Å². The number of hydrogen-bond donors (Lipinski definition) is 1. The second kappa shape index (κ2) is 5.21. The van der Waals surface area contributed by atoms with E-state index in [0.717, 1.165) is 24.0 Å². The van der Waals surface area contributed by atoms with Crippen LogP contribution in [0.5, 0.6) is 0 Å². The number of aromatic nitrogens is 3. The molecule has 0 aliphatic carbocycles. The average molecular weight is 268 g/mol. The Balaban J connectivity index is 2.08. The maximum Gasteiger partial charge on any atom is 0.416 e. The first-order valence-electron chi connectivity index (χ1n) is 5.50. The Morgan fingerprint density at radius 3 is 2.63 bits per heavy atom. The average Bonchev–Trinajstić information content (AvgIpc) is 2.36. The third-order valence-corrected chi connectivity index (χ3v) is 2.40. The minimum atomic E-state index is -4.37. The van der Waals surface area contributed by atoms with E-state index in [0.29, 0.717) is 5.69 Å². The van der Waals surface area contributed by atoms with Crippen LogP contribution in [0.2, 0.25) is 0 Å². The van der Waals surface area contributed by atoms with E-state index in [1.807, 2.05) is 6.92 Å². The molecular formula is C12H11F3N4. The molecule has 0 bridgehead atoms. The van der Waals surface area contributed by atoms with Crippen LogP contribution in [0.3, 0.4) is 0 Å². The van der Waals surface area contributed by atoms with Crippen molar-refractivity contribution in [3.63, 3.8) is 0 Å². The molecule has 0 saturated heterocycles. The van der Waals surface area contributed by atoms with Gasteiger partial charge in [0.2, 0.25) is 0 Å². The van der Waals surface area contributed by atoms with E-state index in [1.54, 1.807) is 6.07 Å². The van der Waals surface area contributed by atoms with Gasteiger partial charge < -0.3 is 5.32 Å². The lowest BCUT2D eigenvalue weighted by atomic mass is 10.2. The molecule has 19 heavy (non-hydrogen) atoms. The molecule has 0 fully saturated rings. The van der Waals surface area contributed by atoms with Gasteiger partial charge >= 0.3 is 6.18 Å². The van der Waals surface area contributed by atoms with Crippen molar-refractivity contribution in [1.82, 2.24) is 15.0 Å². The number of anilines is 1. The quantitative estimate of drug-likeness (QED) is 0.930. The van der Waals surface area contributed by atoms with Crippen LogP contribution < -0.4 is 5.32 Å². The van der Waals surface area contributed by atoms with Crippen LogP contribution in [0.4, 0.5) is 19.0 Å². The molecule has 0 aliphatic rings. The Hall–Kier alpha value is -2.18. The van der Waals surface area contributed by atoms with Gasteiger partial charge in [0, 0.05) is 11.9 Å². The minimum absolute atomic E-state index is 0.158. The SMILES string of the molecule is Cc1cc(CNc2cc(C(F)(F)F)ccn2)ncn1. The summed E-state index contributed by atoms with van der Waals surface area (Å²) in [6.45, 7) is 2.10. The van der Waals surface area contributed by atoms with Crippen molar-refractivity contribution in [2.75, 3.05) is 5.32 Å². The fourth-order valence-electron chi connectivity index (χ4n) is 1.49. The first kappa shape index (κ1) is 13.3. The Bertz CT molecular complexity index is 569. The van der Waals surface area contributed by atoms with Crippen LogP contribution in [0.15, 0.2) is 30.7 Å². The van der Waals surface area contributed by atoms with Gasteiger partial charge in [-0.1, -0.05) is 0 Å². The van der Waals surface area contributed by atoms with Gasteiger partial charge in [-0.15, -0.1) is 0 Å². The van der Waals surface area contributed by atoms with Gasteiger partial charge in [0.05, 0.1) is 17.8 Å². The van der Waals surface area contributed by atoms with Gasteiger partial charge in [0.15, 0.2) is 0 Å². The zero-order valence-corrected chi connectivity index (χ0v) is 10.1. The predicted molar refractivity (Wildman–Crippen MR) is 63.3 cm³/mol. The predicted octanol–water partition coefficient (Wildman–Crippen LogP) is 2.81. The Kier molecular flexibility index (Phi) is 3.64. The molecule has 0 atom stereocenters. The molecule has 2 aromatic heterocycles. The molecule has 1 N–H and O–H groups in total. The molecule has 2 aromatic rings. The number of alkyl halides is 3. The van der Waals surface area contributed by atoms with Gasteiger partial charge in [-0.05, 0) is 25.1 Å². The number of aryl methyl sites for hydroxylation is 1. The number of halogens is 3. The number of nitrogens with one attached hydrogen (secondary N) is 1. The summed E-state index contributed by atoms with van der Waals surface area (Å²) in [4.78, 5) is 11.8. The Morgan fingerprint density at radius 1 is 1.16 bits per heavy atom. The summed E-state index contributed by atoms with van der Waals surface area (Å²) < 4.78 is 37.5. The van der Waals surface area contributed by atoms with Crippen LogP contribution >= 0.6 is 0 Å². The van der Waals surface area contributed by atoms with Crippen LogP contribution in [0.1, 0.15) is 17.0 Å². The molecule has 4 nitrogen and oxygen atoms in total. The van der Waals surface area contributed by atoms with Gasteiger partial charge in [-0.2, -0.15) is 13.2 Å². The monoisotopic (exact) mass is 268 g/mol. The van der Waals surface area contributed by atoms with E-state index in [4.69, 9.17) is 0 Å². The summed E-state index contributed by atoms with van der Waals surface area (Å²) in [5, 5.41) is 2.80. The number of pyridine rings is 1. The van der Waals surface area contributed by atoms with Gasteiger partial charge in [0.1, 0.15) is 12.1 Å². The zero-order valence-electron chi connectivity index (χ0n) is 10.1. The maximum atomic E-state index is 12.5. The van der Waals surface area contributed by atoms with Gasteiger partial charge in [0.25, 0.3) is 0 Å². The van der Waals surface area contributed by atoms with E-state index in [2.05, 4.69) is 20.3 Å². The first-order valence-corrected chi connectivity index (χ1v) is 5.50. The third-order valence-electron chi connectivity index (χ3n) is 2.40. The number of hydrogen-bond acceptors (Lipinski definition) is 4. The summed E-state index contributed by atoms with van der Waals surface area (Å²) in [5.74, 6) is 0.158. The highest BCUT2D eigenvalue weighted by Crippen LogP contribution is 2.29. The lowest BCUT2D eigenvalue weighted by Gasteiger charge is -2.09. The number of rotatable bonds is 3. The normalized spacial score (nSPS) is 11.4. The van der Waals surface area contributed by atoms with E-state index in [9.17, 15) is 13.2 Å². The van der Waals surface area contributed by atoms with Crippen molar-refractivity contribution in [3.05, 3.63) is 47.7 Å². The molecule has 0 saturated carbocycles. The Morgan fingerprint density at radius 2 is 1.95 bits per heavy atom. The van der Waals surface area contributed by atoms with Crippen molar-refractivity contribution in [2.24, 2.45) is 0 Å². The highest BCUT2D eigenvalue weighted by atomic mass is 19.4. The second-order valence-corrected chi connectivity index (χ2v) is 3.93. The zero-order chi connectivity index (χ0) is 13.9. The second-order valence-electron chi connectivity index (χ2n) is 3.93. The summed E-state index contributed by atoms with van der Waals surface area (Å²) in [6.07, 6.45) is -1.84.